The van der Waals surface area contributed by atoms with Gasteiger partial charge in [-0.1, -0.05) is 13.8 Å². The molecule has 1 aliphatic rings. The van der Waals surface area contributed by atoms with E-state index in [1.54, 1.807) is 0 Å². The van der Waals surface area contributed by atoms with Crippen LogP contribution in [0.2, 0.25) is 0 Å². The molecule has 0 aliphatic carbocycles. The van der Waals surface area contributed by atoms with Crippen LogP contribution in [0.5, 0.6) is 0 Å². The van der Waals surface area contributed by atoms with E-state index in [1.165, 1.54) is 0 Å². The fourth-order valence-electron chi connectivity index (χ4n) is 1.23. The van der Waals surface area contributed by atoms with Gasteiger partial charge in [0.15, 0.2) is 0 Å². The van der Waals surface area contributed by atoms with Crippen molar-refractivity contribution >= 4 is 17.8 Å². The molecule has 1 rings (SSSR count). The van der Waals surface area contributed by atoms with E-state index in [1.807, 2.05) is 13.8 Å². The normalized spacial score (nSPS) is 18.1. The van der Waals surface area contributed by atoms with E-state index in [-0.39, 0.29) is 31.2 Å². The highest BCUT2D eigenvalue weighted by Crippen LogP contribution is 2.13. The fraction of sp³-hybridized carbons (Fsp3) is 0.700. The maximum Gasteiger partial charge on any atom is 0.334 e. The van der Waals surface area contributed by atoms with Crippen molar-refractivity contribution in [2.24, 2.45) is 11.7 Å². The van der Waals surface area contributed by atoms with Gasteiger partial charge in [-0.15, -0.1) is 5.06 Å². The Balaban J connectivity index is 2.45. The van der Waals surface area contributed by atoms with Gasteiger partial charge >= 0.3 is 5.97 Å². The zero-order valence-electron chi connectivity index (χ0n) is 9.43. The predicted molar refractivity (Wildman–Crippen MR) is 54.6 cm³/mol. The summed E-state index contributed by atoms with van der Waals surface area (Å²) >= 11 is 0. The van der Waals surface area contributed by atoms with Gasteiger partial charge in [0.1, 0.15) is 0 Å². The van der Waals surface area contributed by atoms with Crippen molar-refractivity contribution in [1.29, 1.82) is 0 Å². The van der Waals surface area contributed by atoms with Gasteiger partial charge in [0.25, 0.3) is 11.8 Å². The van der Waals surface area contributed by atoms with Crippen LogP contribution in [0.1, 0.15) is 33.1 Å². The minimum atomic E-state index is -0.648. The lowest BCUT2D eigenvalue weighted by Gasteiger charge is -2.17. The fourth-order valence-corrected chi connectivity index (χ4v) is 1.23. The summed E-state index contributed by atoms with van der Waals surface area (Å²) in [6.07, 6.45) is 0.194. The van der Waals surface area contributed by atoms with E-state index in [0.29, 0.717) is 5.06 Å². The highest BCUT2D eigenvalue weighted by molar-refractivity contribution is 6.01. The van der Waals surface area contributed by atoms with Crippen LogP contribution in [-0.2, 0) is 19.2 Å². The maximum atomic E-state index is 11.4. The summed E-state index contributed by atoms with van der Waals surface area (Å²) in [5.74, 6) is -1.46. The summed E-state index contributed by atoms with van der Waals surface area (Å²) in [5, 5.41) is 0.537. The highest BCUT2D eigenvalue weighted by Gasteiger charge is 2.33. The molecule has 6 nitrogen and oxygen atoms in total. The molecule has 6 heteroatoms. The molecule has 1 aliphatic heterocycles. The SMILES string of the molecule is CC(C)C(N)CC(=O)ON1C(=O)CCC1=O. The van der Waals surface area contributed by atoms with Crippen molar-refractivity contribution in [3.63, 3.8) is 0 Å². The zero-order valence-corrected chi connectivity index (χ0v) is 9.43. The smallest absolute Gasteiger partial charge is 0.330 e. The van der Waals surface area contributed by atoms with E-state index >= 15 is 0 Å². The van der Waals surface area contributed by atoms with Gasteiger partial charge in [0, 0.05) is 18.9 Å². The third kappa shape index (κ3) is 3.03. The van der Waals surface area contributed by atoms with Crippen molar-refractivity contribution in [1.82, 2.24) is 5.06 Å². The number of amides is 2. The minimum absolute atomic E-state index is 0.00523. The summed E-state index contributed by atoms with van der Waals surface area (Å²) in [6, 6.07) is -0.333. The minimum Gasteiger partial charge on any atom is -0.330 e. The number of carbonyl (C=O) groups excluding carboxylic acids is 3. The summed E-state index contributed by atoms with van der Waals surface area (Å²) < 4.78 is 0. The van der Waals surface area contributed by atoms with E-state index in [2.05, 4.69) is 4.84 Å². The Kier molecular flexibility index (Phi) is 4.00. The number of rotatable bonds is 4. The summed E-state index contributed by atoms with van der Waals surface area (Å²) in [5.41, 5.74) is 5.67. The number of nitrogens with two attached hydrogens (primary N) is 1. The van der Waals surface area contributed by atoms with Crippen molar-refractivity contribution in [3.05, 3.63) is 0 Å². The Morgan fingerprint density at radius 3 is 2.31 bits per heavy atom. The number of carbonyl (C=O) groups is 3. The lowest BCUT2D eigenvalue weighted by atomic mass is 10.0. The summed E-state index contributed by atoms with van der Waals surface area (Å²) in [6.45, 7) is 3.76. The Labute approximate surface area is 93.7 Å². The molecule has 90 valence electrons. The quantitative estimate of drug-likeness (QED) is 0.682. The van der Waals surface area contributed by atoms with Crippen LogP contribution in [0.25, 0.3) is 0 Å². The molecule has 1 unspecified atom stereocenters. The van der Waals surface area contributed by atoms with Crippen LogP contribution in [-0.4, -0.2) is 28.9 Å². The molecule has 1 atom stereocenters. The van der Waals surface area contributed by atoms with E-state index in [0.717, 1.165) is 0 Å². The Morgan fingerprint density at radius 1 is 1.38 bits per heavy atom. The number of hydrogen-bond acceptors (Lipinski definition) is 5. The van der Waals surface area contributed by atoms with Gasteiger partial charge in [-0.05, 0) is 5.92 Å². The van der Waals surface area contributed by atoms with Gasteiger partial charge in [0.2, 0.25) is 0 Å². The number of nitrogens with zero attached hydrogens (tertiary/aromatic N) is 1. The Hall–Kier alpha value is -1.43. The maximum absolute atomic E-state index is 11.4. The van der Waals surface area contributed by atoms with Crippen LogP contribution in [0.15, 0.2) is 0 Å². The van der Waals surface area contributed by atoms with Crippen LogP contribution in [0.3, 0.4) is 0 Å². The third-order valence-electron chi connectivity index (χ3n) is 2.46. The highest BCUT2D eigenvalue weighted by atomic mass is 16.7. The lowest BCUT2D eigenvalue weighted by Crippen LogP contribution is -2.36. The second-order valence-electron chi connectivity index (χ2n) is 4.16. The molecule has 16 heavy (non-hydrogen) atoms. The molecule has 0 aromatic carbocycles. The van der Waals surface area contributed by atoms with Crippen molar-refractivity contribution < 1.29 is 19.2 Å². The molecular weight excluding hydrogens is 212 g/mol. The van der Waals surface area contributed by atoms with Gasteiger partial charge < -0.3 is 10.6 Å². The molecule has 1 fully saturated rings. The van der Waals surface area contributed by atoms with Gasteiger partial charge in [0.05, 0.1) is 6.42 Å². The second kappa shape index (κ2) is 5.07. The molecule has 1 heterocycles. The molecule has 2 amide bonds. The van der Waals surface area contributed by atoms with Crippen molar-refractivity contribution in [3.8, 4) is 0 Å². The van der Waals surface area contributed by atoms with Gasteiger partial charge in [-0.3, -0.25) is 9.59 Å². The van der Waals surface area contributed by atoms with Crippen molar-refractivity contribution in [2.45, 2.75) is 39.2 Å². The summed E-state index contributed by atoms with van der Waals surface area (Å²) in [4.78, 5) is 38.3. The molecule has 2 N–H and O–H groups in total. The molecular formula is C10H16N2O4. The summed E-state index contributed by atoms with van der Waals surface area (Å²) in [7, 11) is 0. The second-order valence-corrected chi connectivity index (χ2v) is 4.16. The average Bonchev–Trinajstić information content (AvgIpc) is 2.49. The third-order valence-corrected chi connectivity index (χ3v) is 2.46. The molecule has 0 aromatic rings. The standard InChI is InChI=1S/C10H16N2O4/c1-6(2)7(11)5-10(15)16-12-8(13)3-4-9(12)14/h6-7H,3-5,11H2,1-2H3. The van der Waals surface area contributed by atoms with Gasteiger partial charge in [-0.2, -0.15) is 0 Å². The van der Waals surface area contributed by atoms with Crippen LogP contribution < -0.4 is 5.73 Å². The first-order chi connectivity index (χ1) is 7.41. The first-order valence-electron chi connectivity index (χ1n) is 5.24. The van der Waals surface area contributed by atoms with Crippen LogP contribution in [0, 0.1) is 5.92 Å². The lowest BCUT2D eigenvalue weighted by molar-refractivity contribution is -0.197. The van der Waals surface area contributed by atoms with Crippen molar-refractivity contribution in [2.75, 3.05) is 0 Å². The van der Waals surface area contributed by atoms with E-state index in [4.69, 9.17) is 5.73 Å². The predicted octanol–water partition coefficient (Wildman–Crippen LogP) is -0.0330. The molecule has 0 aromatic heterocycles. The Morgan fingerprint density at radius 2 is 1.88 bits per heavy atom. The average molecular weight is 228 g/mol. The monoisotopic (exact) mass is 228 g/mol. The largest absolute Gasteiger partial charge is 0.334 e. The Bertz CT molecular complexity index is 298. The first kappa shape index (κ1) is 12.6. The number of imide groups is 1. The zero-order chi connectivity index (χ0) is 12.3. The molecule has 1 saturated heterocycles. The van der Waals surface area contributed by atoms with E-state index in [9.17, 15) is 14.4 Å². The molecule has 0 radical (unpaired) electrons. The van der Waals surface area contributed by atoms with Crippen LogP contribution >= 0.6 is 0 Å². The molecule has 0 saturated carbocycles. The molecule has 0 spiro atoms. The van der Waals surface area contributed by atoms with Crippen LogP contribution in [0.4, 0.5) is 0 Å². The topological polar surface area (TPSA) is 89.7 Å². The molecule has 0 bridgehead atoms. The van der Waals surface area contributed by atoms with Gasteiger partial charge in [-0.25, -0.2) is 4.79 Å². The first-order valence-corrected chi connectivity index (χ1v) is 5.24. The van der Waals surface area contributed by atoms with E-state index < -0.39 is 17.8 Å². The number of hydrogen-bond donors (Lipinski definition) is 1. The number of hydroxylamine groups is 2.